The standard InChI is InChI=1S/C61H58N3O.Pt/c1-39-32-42(40-20-13-11-14-21-40)28-29-54(39)64-55-27-19-25-49(56(55)63-58(64)50-37-47(59(2,3)4)38-52(57(50)65)61(8,9)10)45-33-44(41-22-15-12-16-23-41)34-46(35-45)53-36-43(30-31-62-53)48-24-17-18-26-51(48)60(5,6)7;/h11-34,36-38,65H,1-10H3;/q-1;/i1D3,2D3,3D3,4D3,5D3,6D3,7D3,8D3,9D3,10D3;. The monoisotopic (exact) mass is 1070 g/mol. The topological polar surface area (TPSA) is 50.9 Å². The van der Waals surface area contributed by atoms with E-state index in [1.807, 2.05) is 0 Å². The molecule has 0 fully saturated rings. The quantitative estimate of drug-likeness (QED) is 0.162. The number of hydrogen-bond acceptors (Lipinski definition) is 3. The van der Waals surface area contributed by atoms with Crippen LogP contribution in [0, 0.1) is 12.9 Å². The van der Waals surface area contributed by atoms with E-state index in [2.05, 4.69) is 11.1 Å². The number of rotatable bonds is 7. The van der Waals surface area contributed by atoms with Crippen molar-refractivity contribution >= 4 is 11.0 Å². The van der Waals surface area contributed by atoms with Crippen LogP contribution in [-0.4, -0.2) is 19.6 Å². The molecule has 66 heavy (non-hydrogen) atoms. The number of fused-ring (bicyclic) bond motifs is 1. The van der Waals surface area contributed by atoms with E-state index in [9.17, 15) is 5.11 Å². The van der Waals surface area contributed by atoms with Crippen LogP contribution < -0.4 is 0 Å². The number of hydrogen-bond donors (Lipinski definition) is 1. The molecule has 0 amide bonds. The van der Waals surface area contributed by atoms with E-state index in [0.29, 0.717) is 28.3 Å². The predicted octanol–water partition coefficient (Wildman–Crippen LogP) is 16.1. The fraction of sp³-hybridized carbons (Fsp3) is 0.213. The van der Waals surface area contributed by atoms with E-state index in [1.54, 1.807) is 72.8 Å². The summed E-state index contributed by atoms with van der Waals surface area (Å²) in [6.45, 7) is -39.5. The number of imidazole rings is 1. The molecule has 9 rings (SSSR count). The molecular weight excluding hydrogens is 986 g/mol. The Labute approximate surface area is 447 Å². The van der Waals surface area contributed by atoms with Gasteiger partial charge in [0.1, 0.15) is 11.6 Å². The SMILES string of the molecule is [2H]C([2H])([2H])c1cc(-c2ccccc2)ccc1-n1c(-c2cc(C(C([2H])([2H])[2H])(C([2H])([2H])[2H])C([2H])([2H])[2H])cc(C(C([2H])([2H])[2H])(C([2H])([2H])[2H])C([2H])([2H])[2H])c2O)nc2c(-c3[c-]c(-c4cc(-c5ccccc5C(C([2H])([2H])[2H])(C([2H])([2H])[2H])C([2H])([2H])[2H])ccn4)cc(-c4ccccc4)c3)cccc21.[Pt]. The van der Waals surface area contributed by atoms with Gasteiger partial charge in [-0.2, -0.15) is 0 Å². The molecule has 0 aliphatic rings. The molecule has 334 valence electrons. The average molecular weight is 1070 g/mol. The fourth-order valence-electron chi connectivity index (χ4n) is 8.05. The molecule has 4 nitrogen and oxygen atoms in total. The molecule has 9 aromatic rings. The summed E-state index contributed by atoms with van der Waals surface area (Å²) in [5, 5.41) is 13.0. The molecule has 0 saturated heterocycles. The van der Waals surface area contributed by atoms with Gasteiger partial charge in [-0.25, -0.2) is 4.98 Å². The second-order valence-corrected chi connectivity index (χ2v) is 15.7. The zero-order chi connectivity index (χ0) is 70.8. The van der Waals surface area contributed by atoms with Gasteiger partial charge in [0.05, 0.1) is 22.3 Å². The predicted molar refractivity (Wildman–Crippen MR) is 273 cm³/mol. The minimum atomic E-state index is -4.32. The largest absolute Gasteiger partial charge is 0.507 e. The molecular formula is C61H58N3OPt-. The van der Waals surface area contributed by atoms with E-state index in [0.717, 1.165) is 10.6 Å². The molecule has 0 atom stereocenters. The maximum atomic E-state index is 13.0. The van der Waals surface area contributed by atoms with Crippen LogP contribution in [0.4, 0.5) is 0 Å². The van der Waals surface area contributed by atoms with Gasteiger partial charge in [-0.1, -0.05) is 194 Å². The summed E-state index contributed by atoms with van der Waals surface area (Å²) in [5.41, 5.74) is -15.5. The molecule has 0 radical (unpaired) electrons. The maximum absolute atomic E-state index is 13.0. The van der Waals surface area contributed by atoms with Crippen LogP contribution in [0.3, 0.4) is 0 Å². The Balaban J connectivity index is 0.0000118. The van der Waals surface area contributed by atoms with E-state index in [1.165, 1.54) is 72.9 Å². The Morgan fingerprint density at radius 1 is 0.530 bits per heavy atom. The first kappa shape index (κ1) is 22.0. The number of phenols is 1. The number of benzene rings is 7. The van der Waals surface area contributed by atoms with Crippen LogP contribution in [0.2, 0.25) is 0 Å². The number of nitrogens with zero attached hydrogens (tertiary/aromatic N) is 3. The number of aromatic hydroxyl groups is 1. The average Bonchev–Trinajstić information content (AvgIpc) is 0.771. The van der Waals surface area contributed by atoms with E-state index >= 15 is 0 Å². The fourth-order valence-corrected chi connectivity index (χ4v) is 8.05. The summed E-state index contributed by atoms with van der Waals surface area (Å²) in [6, 6.07) is 40.9. The van der Waals surface area contributed by atoms with Crippen LogP contribution in [-0.2, 0) is 37.3 Å². The third kappa shape index (κ3) is 8.97. The zero-order valence-corrected chi connectivity index (χ0v) is 37.0. The van der Waals surface area contributed by atoms with Gasteiger partial charge in [-0.05, 0) is 97.9 Å². The number of pyridine rings is 1. The number of para-hydroxylation sites is 1. The normalized spacial score (nSPS) is 20.7. The number of aromatic nitrogens is 3. The number of aryl methyl sites for hydroxylation is 1. The first-order valence-electron chi connectivity index (χ1n) is 35.2. The van der Waals surface area contributed by atoms with Crippen molar-refractivity contribution in [1.82, 2.24) is 14.5 Å². The van der Waals surface area contributed by atoms with Crippen molar-refractivity contribution in [3.8, 4) is 78.6 Å². The molecule has 2 aromatic heterocycles. The van der Waals surface area contributed by atoms with Crippen LogP contribution in [0.15, 0.2) is 164 Å². The van der Waals surface area contributed by atoms with Gasteiger partial charge in [0.25, 0.3) is 0 Å². The van der Waals surface area contributed by atoms with Crippen LogP contribution in [0.1, 0.15) is 125 Å². The molecule has 0 saturated carbocycles. The molecule has 0 bridgehead atoms. The second kappa shape index (κ2) is 17.8. The third-order valence-electron chi connectivity index (χ3n) is 11.2. The second-order valence-electron chi connectivity index (χ2n) is 15.7. The van der Waals surface area contributed by atoms with Gasteiger partial charge in [-0.3, -0.25) is 9.55 Å². The molecule has 0 aliphatic heterocycles. The Kier molecular flexibility index (Phi) is 5.92. The van der Waals surface area contributed by atoms with Gasteiger partial charge < -0.3 is 5.11 Å². The number of phenolic OH excluding ortho intramolecular Hbond substituents is 1. The first-order valence-corrected chi connectivity index (χ1v) is 20.2. The van der Waals surface area contributed by atoms with E-state index in [4.69, 9.17) is 46.1 Å². The minimum absolute atomic E-state index is 0. The van der Waals surface area contributed by atoms with Crippen molar-refractivity contribution in [2.45, 2.75) is 84.8 Å². The molecule has 7 aromatic carbocycles. The van der Waals surface area contributed by atoms with Crippen molar-refractivity contribution in [2.75, 3.05) is 0 Å². The molecule has 5 heteroatoms. The summed E-state index contributed by atoms with van der Waals surface area (Å²) in [5.74, 6) is -2.38. The smallest absolute Gasteiger partial charge is 0.148 e. The zero-order valence-electron chi connectivity index (χ0n) is 64.7. The van der Waals surface area contributed by atoms with Crippen molar-refractivity contribution in [3.05, 3.63) is 192 Å². The van der Waals surface area contributed by atoms with Crippen LogP contribution in [0.5, 0.6) is 5.75 Å². The molecule has 0 aliphatic carbocycles. The third-order valence-corrected chi connectivity index (χ3v) is 11.2. The van der Waals surface area contributed by atoms with Crippen LogP contribution >= 0.6 is 0 Å². The van der Waals surface area contributed by atoms with Crippen LogP contribution in [0.25, 0.3) is 83.9 Å². The van der Waals surface area contributed by atoms with Gasteiger partial charge in [0.15, 0.2) is 0 Å². The van der Waals surface area contributed by atoms with Crippen molar-refractivity contribution in [1.29, 1.82) is 0 Å². The Hall–Kier alpha value is -6.35. The van der Waals surface area contributed by atoms with Gasteiger partial charge in [0, 0.05) is 79.6 Å². The summed E-state index contributed by atoms with van der Waals surface area (Å²) in [6.07, 6.45) is 1.31. The Morgan fingerprint density at radius 3 is 1.89 bits per heavy atom. The van der Waals surface area contributed by atoms with E-state index < -0.39 is 124 Å². The van der Waals surface area contributed by atoms with Gasteiger partial charge >= 0.3 is 0 Å². The molecule has 0 unspecified atom stereocenters. The summed E-state index contributed by atoms with van der Waals surface area (Å²) in [4.78, 5) is 9.60. The molecule has 2 heterocycles. The minimum Gasteiger partial charge on any atom is -0.507 e. The maximum Gasteiger partial charge on any atom is 0.148 e. The summed E-state index contributed by atoms with van der Waals surface area (Å²) in [7, 11) is 0. The Bertz CT molecular complexity index is 4250. The molecule has 0 spiro atoms. The summed E-state index contributed by atoms with van der Waals surface area (Å²) >= 11 is 0. The van der Waals surface area contributed by atoms with E-state index in [-0.39, 0.29) is 77.4 Å². The Morgan fingerprint density at radius 2 is 1.18 bits per heavy atom. The van der Waals surface area contributed by atoms with Crippen molar-refractivity contribution in [3.63, 3.8) is 0 Å². The van der Waals surface area contributed by atoms with Gasteiger partial charge in [0.2, 0.25) is 0 Å². The molecule has 1 N–H and O–H groups in total. The van der Waals surface area contributed by atoms with Crippen molar-refractivity contribution < 1.29 is 67.3 Å². The first-order chi connectivity index (χ1) is 43.4. The van der Waals surface area contributed by atoms with Crippen molar-refractivity contribution in [2.24, 2.45) is 0 Å². The summed E-state index contributed by atoms with van der Waals surface area (Å²) < 4.78 is 263. The van der Waals surface area contributed by atoms with Gasteiger partial charge in [-0.15, -0.1) is 23.8 Å².